The SMILES string of the molecule is CCNC1CCN(C(=O)CCC2CCCCC2)CC1CC. The largest absolute Gasteiger partial charge is 0.342 e. The van der Waals surface area contributed by atoms with Crippen molar-refractivity contribution in [1.82, 2.24) is 10.2 Å². The fourth-order valence-corrected chi connectivity index (χ4v) is 4.16. The molecule has 3 heteroatoms. The van der Waals surface area contributed by atoms with E-state index >= 15 is 0 Å². The van der Waals surface area contributed by atoms with E-state index in [1.807, 2.05) is 0 Å². The molecule has 21 heavy (non-hydrogen) atoms. The van der Waals surface area contributed by atoms with Gasteiger partial charge in [-0.2, -0.15) is 0 Å². The molecular weight excluding hydrogens is 260 g/mol. The highest BCUT2D eigenvalue weighted by molar-refractivity contribution is 5.76. The Bertz CT molecular complexity index is 312. The van der Waals surface area contributed by atoms with E-state index in [9.17, 15) is 4.79 Å². The molecule has 2 rings (SSSR count). The van der Waals surface area contributed by atoms with Crippen LogP contribution in [-0.4, -0.2) is 36.5 Å². The molecule has 1 saturated heterocycles. The van der Waals surface area contributed by atoms with E-state index in [0.717, 1.165) is 44.8 Å². The summed E-state index contributed by atoms with van der Waals surface area (Å²) >= 11 is 0. The second-order valence-corrected chi connectivity index (χ2v) is 7.00. The van der Waals surface area contributed by atoms with Crippen LogP contribution in [0, 0.1) is 11.8 Å². The van der Waals surface area contributed by atoms with Crippen LogP contribution in [-0.2, 0) is 4.79 Å². The number of amides is 1. The van der Waals surface area contributed by atoms with Crippen molar-refractivity contribution >= 4 is 5.91 Å². The molecule has 0 aromatic carbocycles. The summed E-state index contributed by atoms with van der Waals surface area (Å²) < 4.78 is 0. The minimum Gasteiger partial charge on any atom is -0.342 e. The first-order valence-electron chi connectivity index (χ1n) is 9.25. The molecule has 0 spiro atoms. The molecule has 1 heterocycles. The number of hydrogen-bond donors (Lipinski definition) is 1. The standard InChI is InChI=1S/C18H34N2O/c1-3-16-14-20(13-12-17(16)19-4-2)18(21)11-10-15-8-6-5-7-9-15/h15-17,19H,3-14H2,1-2H3. The van der Waals surface area contributed by atoms with Crippen LogP contribution in [0.2, 0.25) is 0 Å². The molecule has 1 N–H and O–H groups in total. The summed E-state index contributed by atoms with van der Waals surface area (Å²) in [6.07, 6.45) is 11.1. The molecular formula is C18H34N2O. The zero-order valence-corrected chi connectivity index (χ0v) is 14.1. The molecule has 0 bridgehead atoms. The van der Waals surface area contributed by atoms with Gasteiger partial charge in [0.15, 0.2) is 0 Å². The van der Waals surface area contributed by atoms with E-state index in [-0.39, 0.29) is 0 Å². The Morgan fingerprint density at radius 2 is 1.90 bits per heavy atom. The molecule has 2 aliphatic rings. The zero-order valence-electron chi connectivity index (χ0n) is 14.1. The van der Waals surface area contributed by atoms with E-state index in [1.165, 1.54) is 38.5 Å². The Balaban J connectivity index is 1.74. The van der Waals surface area contributed by atoms with Gasteiger partial charge in [-0.05, 0) is 31.2 Å². The van der Waals surface area contributed by atoms with Crippen molar-refractivity contribution in [2.24, 2.45) is 11.8 Å². The molecule has 2 atom stereocenters. The number of nitrogens with one attached hydrogen (secondary N) is 1. The first kappa shape index (κ1) is 16.8. The number of piperidine rings is 1. The van der Waals surface area contributed by atoms with Crippen molar-refractivity contribution in [3.8, 4) is 0 Å². The molecule has 1 amide bonds. The lowest BCUT2D eigenvalue weighted by Gasteiger charge is -2.39. The molecule has 1 aliphatic carbocycles. The fourth-order valence-electron chi connectivity index (χ4n) is 4.16. The van der Waals surface area contributed by atoms with Crippen LogP contribution in [0.1, 0.15) is 71.6 Å². The van der Waals surface area contributed by atoms with Crippen LogP contribution in [0.4, 0.5) is 0 Å². The lowest BCUT2D eigenvalue weighted by Crippen LogP contribution is -2.50. The van der Waals surface area contributed by atoms with Crippen molar-refractivity contribution in [3.05, 3.63) is 0 Å². The predicted molar refractivity (Wildman–Crippen MR) is 88.3 cm³/mol. The number of likely N-dealkylation sites (tertiary alicyclic amines) is 1. The minimum atomic E-state index is 0.411. The van der Waals surface area contributed by atoms with E-state index in [2.05, 4.69) is 24.1 Å². The molecule has 0 aromatic heterocycles. The number of rotatable bonds is 6. The molecule has 2 unspecified atom stereocenters. The summed E-state index contributed by atoms with van der Waals surface area (Å²) in [6.45, 7) is 7.39. The van der Waals surface area contributed by atoms with Gasteiger partial charge in [-0.1, -0.05) is 52.4 Å². The van der Waals surface area contributed by atoms with Gasteiger partial charge in [0.2, 0.25) is 5.91 Å². The predicted octanol–water partition coefficient (Wildman–Crippen LogP) is 3.58. The normalized spacial score (nSPS) is 27.8. The molecule has 2 fully saturated rings. The van der Waals surface area contributed by atoms with Crippen LogP contribution in [0.15, 0.2) is 0 Å². The van der Waals surface area contributed by atoms with Gasteiger partial charge in [-0.3, -0.25) is 4.79 Å². The van der Waals surface area contributed by atoms with Crippen molar-refractivity contribution in [2.45, 2.75) is 77.7 Å². The van der Waals surface area contributed by atoms with E-state index in [0.29, 0.717) is 17.9 Å². The van der Waals surface area contributed by atoms with Gasteiger partial charge < -0.3 is 10.2 Å². The maximum Gasteiger partial charge on any atom is 0.222 e. The Hall–Kier alpha value is -0.570. The zero-order chi connectivity index (χ0) is 15.1. The summed E-state index contributed by atoms with van der Waals surface area (Å²) in [5.74, 6) is 1.87. The Morgan fingerprint density at radius 3 is 2.57 bits per heavy atom. The summed E-state index contributed by atoms with van der Waals surface area (Å²) in [5, 5.41) is 3.59. The molecule has 1 saturated carbocycles. The first-order chi connectivity index (χ1) is 10.2. The maximum atomic E-state index is 12.5. The first-order valence-corrected chi connectivity index (χ1v) is 9.25. The van der Waals surface area contributed by atoms with Crippen molar-refractivity contribution in [3.63, 3.8) is 0 Å². The third-order valence-electron chi connectivity index (χ3n) is 5.57. The lowest BCUT2D eigenvalue weighted by atomic mass is 9.85. The topological polar surface area (TPSA) is 32.3 Å². The van der Waals surface area contributed by atoms with Crippen molar-refractivity contribution in [2.75, 3.05) is 19.6 Å². The van der Waals surface area contributed by atoms with Gasteiger partial charge in [-0.15, -0.1) is 0 Å². The highest BCUT2D eigenvalue weighted by Crippen LogP contribution is 2.28. The molecule has 122 valence electrons. The summed E-state index contributed by atoms with van der Waals surface area (Å²) in [5.41, 5.74) is 0. The number of carbonyl (C=O) groups excluding carboxylic acids is 1. The van der Waals surface area contributed by atoms with Crippen LogP contribution in [0.3, 0.4) is 0 Å². The van der Waals surface area contributed by atoms with Gasteiger partial charge in [-0.25, -0.2) is 0 Å². The monoisotopic (exact) mass is 294 g/mol. The smallest absolute Gasteiger partial charge is 0.222 e. The van der Waals surface area contributed by atoms with Gasteiger partial charge in [0.05, 0.1) is 0 Å². The Labute approximate surface area is 130 Å². The van der Waals surface area contributed by atoms with Gasteiger partial charge in [0, 0.05) is 25.6 Å². The number of nitrogens with zero attached hydrogens (tertiary/aromatic N) is 1. The number of hydrogen-bond acceptors (Lipinski definition) is 2. The molecule has 0 radical (unpaired) electrons. The highest BCUT2D eigenvalue weighted by atomic mass is 16.2. The fraction of sp³-hybridized carbons (Fsp3) is 0.944. The quantitative estimate of drug-likeness (QED) is 0.812. The Morgan fingerprint density at radius 1 is 1.14 bits per heavy atom. The summed E-state index contributed by atoms with van der Waals surface area (Å²) in [4.78, 5) is 14.6. The van der Waals surface area contributed by atoms with Crippen molar-refractivity contribution in [1.29, 1.82) is 0 Å². The third kappa shape index (κ3) is 4.98. The van der Waals surface area contributed by atoms with E-state index in [1.54, 1.807) is 0 Å². The third-order valence-corrected chi connectivity index (χ3v) is 5.57. The van der Waals surface area contributed by atoms with Gasteiger partial charge in [0.1, 0.15) is 0 Å². The van der Waals surface area contributed by atoms with Crippen LogP contribution >= 0.6 is 0 Å². The molecule has 1 aliphatic heterocycles. The van der Waals surface area contributed by atoms with Crippen LogP contribution < -0.4 is 5.32 Å². The van der Waals surface area contributed by atoms with Crippen molar-refractivity contribution < 1.29 is 4.79 Å². The molecule has 3 nitrogen and oxygen atoms in total. The minimum absolute atomic E-state index is 0.411. The molecule has 0 aromatic rings. The van der Waals surface area contributed by atoms with Crippen LogP contribution in [0.25, 0.3) is 0 Å². The summed E-state index contributed by atoms with van der Waals surface area (Å²) in [7, 11) is 0. The number of carbonyl (C=O) groups is 1. The van der Waals surface area contributed by atoms with E-state index < -0.39 is 0 Å². The highest BCUT2D eigenvalue weighted by Gasteiger charge is 2.29. The van der Waals surface area contributed by atoms with Crippen LogP contribution in [0.5, 0.6) is 0 Å². The second kappa shape index (κ2) is 8.77. The average Bonchev–Trinajstić information content (AvgIpc) is 2.54. The Kier molecular flexibility index (Phi) is 7.01. The summed E-state index contributed by atoms with van der Waals surface area (Å²) in [6, 6.07) is 0.613. The lowest BCUT2D eigenvalue weighted by molar-refractivity contribution is -0.133. The average molecular weight is 294 g/mol. The maximum absolute atomic E-state index is 12.5. The second-order valence-electron chi connectivity index (χ2n) is 7.00. The van der Waals surface area contributed by atoms with Gasteiger partial charge >= 0.3 is 0 Å². The van der Waals surface area contributed by atoms with E-state index in [4.69, 9.17) is 0 Å². The van der Waals surface area contributed by atoms with Gasteiger partial charge in [0.25, 0.3) is 0 Å².